The van der Waals surface area contributed by atoms with E-state index in [1.54, 1.807) is 34.6 Å². The average Bonchev–Trinajstić information content (AvgIpc) is 3.24. The van der Waals surface area contributed by atoms with E-state index in [0.29, 0.717) is 41.4 Å². The number of pyridine rings is 1. The zero-order valence-electron chi connectivity index (χ0n) is 22.1. The highest BCUT2D eigenvalue weighted by Gasteiger charge is 2.33. The third-order valence-electron chi connectivity index (χ3n) is 6.07. The summed E-state index contributed by atoms with van der Waals surface area (Å²) in [5.74, 6) is 0.492. The number of ether oxygens (including phenoxy) is 3. The lowest BCUT2D eigenvalue weighted by Crippen LogP contribution is -2.47. The number of carbonyl (C=O) groups is 1. The van der Waals surface area contributed by atoms with Gasteiger partial charge in [-0.2, -0.15) is 13.2 Å². The van der Waals surface area contributed by atoms with E-state index >= 15 is 0 Å². The second kappa shape index (κ2) is 10.7. The summed E-state index contributed by atoms with van der Waals surface area (Å²) < 4.78 is 58.2. The number of benzene rings is 1. The highest BCUT2D eigenvalue weighted by Crippen LogP contribution is 2.41. The maximum Gasteiger partial charge on any atom is 0.416 e. The SMILES string of the molecule is COCOc1cc(C(F)(F)F)cc(C)c1-c1cccn2c(N[C@@H]3CCCN(C(=O)OC(C)(C)C)C3)nnc12. The number of aryl methyl sites for hydroxylation is 1. The monoisotopic (exact) mass is 535 g/mol. The molecule has 1 aromatic carbocycles. The molecule has 1 aliphatic heterocycles. The largest absolute Gasteiger partial charge is 0.467 e. The summed E-state index contributed by atoms with van der Waals surface area (Å²) in [5, 5.41) is 12.0. The van der Waals surface area contributed by atoms with Crippen LogP contribution in [0, 0.1) is 6.92 Å². The van der Waals surface area contributed by atoms with Crippen molar-refractivity contribution in [2.24, 2.45) is 0 Å². The summed E-state index contributed by atoms with van der Waals surface area (Å²) in [5.41, 5.74) is 0.446. The van der Waals surface area contributed by atoms with Gasteiger partial charge in [0.2, 0.25) is 5.95 Å². The molecule has 0 bridgehead atoms. The fourth-order valence-electron chi connectivity index (χ4n) is 4.48. The van der Waals surface area contributed by atoms with E-state index in [9.17, 15) is 18.0 Å². The molecular formula is C26H32F3N5O4. The highest BCUT2D eigenvalue weighted by molar-refractivity contribution is 5.84. The van der Waals surface area contributed by atoms with Crippen molar-refractivity contribution in [3.8, 4) is 16.9 Å². The summed E-state index contributed by atoms with van der Waals surface area (Å²) in [7, 11) is 1.40. The Balaban J connectivity index is 1.64. The third kappa shape index (κ3) is 6.12. The Hall–Kier alpha value is -3.54. The molecular weight excluding hydrogens is 503 g/mol. The molecule has 0 spiro atoms. The second-order valence-corrected chi connectivity index (χ2v) is 10.3. The second-order valence-electron chi connectivity index (χ2n) is 10.3. The maximum atomic E-state index is 13.5. The van der Waals surface area contributed by atoms with Gasteiger partial charge in [-0.1, -0.05) is 0 Å². The van der Waals surface area contributed by atoms with Crippen LogP contribution in [0.15, 0.2) is 30.5 Å². The first kappa shape index (κ1) is 27.5. The van der Waals surface area contributed by atoms with E-state index in [2.05, 4.69) is 15.5 Å². The smallest absolute Gasteiger partial charge is 0.416 e. The van der Waals surface area contributed by atoms with E-state index < -0.39 is 17.3 Å². The van der Waals surface area contributed by atoms with E-state index in [4.69, 9.17) is 14.2 Å². The molecule has 38 heavy (non-hydrogen) atoms. The predicted molar refractivity (Wildman–Crippen MR) is 135 cm³/mol. The minimum Gasteiger partial charge on any atom is -0.467 e. The molecule has 2 aromatic heterocycles. The Morgan fingerprint density at radius 2 is 1.97 bits per heavy atom. The molecule has 1 aliphatic rings. The van der Waals surface area contributed by atoms with Gasteiger partial charge in [-0.05, 0) is 70.4 Å². The number of nitrogens with zero attached hydrogens (tertiary/aromatic N) is 4. The zero-order valence-corrected chi connectivity index (χ0v) is 22.1. The minimum atomic E-state index is -4.53. The molecule has 3 heterocycles. The Morgan fingerprint density at radius 1 is 1.21 bits per heavy atom. The lowest BCUT2D eigenvalue weighted by molar-refractivity contribution is -0.137. The van der Waals surface area contributed by atoms with Crippen LogP contribution in [0.4, 0.5) is 23.9 Å². The van der Waals surface area contributed by atoms with Crippen LogP contribution in [0.5, 0.6) is 5.75 Å². The van der Waals surface area contributed by atoms with E-state index in [-0.39, 0.29) is 24.7 Å². The highest BCUT2D eigenvalue weighted by atomic mass is 19.4. The first-order chi connectivity index (χ1) is 17.9. The van der Waals surface area contributed by atoms with Crippen LogP contribution in [0.1, 0.15) is 44.7 Å². The molecule has 4 rings (SSSR count). The summed E-state index contributed by atoms with van der Waals surface area (Å²) in [6.45, 7) is 7.91. The summed E-state index contributed by atoms with van der Waals surface area (Å²) in [6.07, 6.45) is -1.51. The molecule has 1 saturated heterocycles. The number of alkyl halides is 3. The number of amides is 1. The zero-order chi connectivity index (χ0) is 27.7. The van der Waals surface area contributed by atoms with Crippen molar-refractivity contribution < 1.29 is 32.2 Å². The molecule has 0 radical (unpaired) electrons. The number of piperidine rings is 1. The van der Waals surface area contributed by atoms with Crippen LogP contribution in [0.2, 0.25) is 0 Å². The first-order valence-electron chi connectivity index (χ1n) is 12.3. The van der Waals surface area contributed by atoms with E-state index in [1.807, 2.05) is 20.8 Å². The molecule has 1 fully saturated rings. The van der Waals surface area contributed by atoms with Gasteiger partial charge in [0.1, 0.15) is 11.4 Å². The van der Waals surface area contributed by atoms with Crippen LogP contribution in [-0.2, 0) is 15.7 Å². The summed E-state index contributed by atoms with van der Waals surface area (Å²) >= 11 is 0. The molecule has 3 aromatic rings. The van der Waals surface area contributed by atoms with Crippen molar-refractivity contribution in [3.05, 3.63) is 41.6 Å². The number of methoxy groups -OCH3 is 1. The average molecular weight is 536 g/mol. The number of anilines is 1. The number of carbonyl (C=O) groups excluding carboxylic acids is 1. The molecule has 9 nitrogen and oxygen atoms in total. The van der Waals surface area contributed by atoms with Gasteiger partial charge in [0.25, 0.3) is 0 Å². The molecule has 1 atom stereocenters. The van der Waals surface area contributed by atoms with E-state index in [1.165, 1.54) is 7.11 Å². The van der Waals surface area contributed by atoms with Crippen LogP contribution < -0.4 is 10.1 Å². The number of likely N-dealkylation sites (tertiary alicyclic amines) is 1. The number of fused-ring (bicyclic) bond motifs is 1. The Bertz CT molecular complexity index is 1300. The number of halogens is 3. The number of nitrogens with one attached hydrogen (secondary N) is 1. The van der Waals surface area contributed by atoms with Gasteiger partial charge in [0.05, 0.1) is 5.56 Å². The van der Waals surface area contributed by atoms with E-state index in [0.717, 1.165) is 25.0 Å². The van der Waals surface area contributed by atoms with Crippen LogP contribution in [0.3, 0.4) is 0 Å². The van der Waals surface area contributed by atoms with Crippen molar-refractivity contribution in [2.75, 3.05) is 32.3 Å². The van der Waals surface area contributed by atoms with Gasteiger partial charge >= 0.3 is 12.3 Å². The van der Waals surface area contributed by atoms with Crippen LogP contribution >= 0.6 is 0 Å². The number of hydrogen-bond acceptors (Lipinski definition) is 7. The minimum absolute atomic E-state index is 0.0325. The molecule has 1 amide bonds. The fraction of sp³-hybridized carbons (Fsp3) is 0.500. The topological polar surface area (TPSA) is 90.2 Å². The van der Waals surface area contributed by atoms with Crippen molar-refractivity contribution in [2.45, 2.75) is 58.4 Å². The molecule has 206 valence electrons. The van der Waals surface area contributed by atoms with Crippen molar-refractivity contribution in [3.63, 3.8) is 0 Å². The fourth-order valence-corrected chi connectivity index (χ4v) is 4.48. The van der Waals surface area contributed by atoms with Crippen molar-refractivity contribution in [1.29, 1.82) is 0 Å². The van der Waals surface area contributed by atoms with Crippen molar-refractivity contribution in [1.82, 2.24) is 19.5 Å². The number of aromatic nitrogens is 3. The normalized spacial score (nSPS) is 16.5. The Morgan fingerprint density at radius 3 is 2.66 bits per heavy atom. The first-order valence-corrected chi connectivity index (χ1v) is 12.3. The van der Waals surface area contributed by atoms with Gasteiger partial charge in [0.15, 0.2) is 12.4 Å². The Labute approximate surface area is 218 Å². The third-order valence-corrected chi connectivity index (χ3v) is 6.07. The summed E-state index contributed by atoms with van der Waals surface area (Å²) in [6, 6.07) is 5.49. The van der Waals surface area contributed by atoms with Crippen LogP contribution in [0.25, 0.3) is 16.8 Å². The molecule has 0 unspecified atom stereocenters. The molecule has 1 N–H and O–H groups in total. The van der Waals surface area contributed by atoms with Gasteiger partial charge in [-0.25, -0.2) is 4.79 Å². The molecule has 0 aliphatic carbocycles. The number of rotatable bonds is 6. The standard InChI is InChI=1S/C26H32F3N5O4/c1-16-12-17(26(27,28)29)13-20(37-15-36-5)21(16)19-9-7-11-34-22(19)31-32-23(34)30-18-8-6-10-33(14-18)24(35)38-25(2,3)4/h7,9,11-13,18H,6,8,10,14-15H2,1-5H3,(H,30,32)/t18-/m1/s1. The van der Waals surface area contributed by atoms with Crippen molar-refractivity contribution >= 4 is 17.7 Å². The van der Waals surface area contributed by atoms with Crippen LogP contribution in [-0.4, -0.2) is 64.2 Å². The number of hydrogen-bond donors (Lipinski definition) is 1. The predicted octanol–water partition coefficient (Wildman–Crippen LogP) is 5.52. The lowest BCUT2D eigenvalue weighted by atomic mass is 9.97. The quantitative estimate of drug-likeness (QED) is 0.416. The maximum absolute atomic E-state index is 13.5. The molecule has 0 saturated carbocycles. The lowest BCUT2D eigenvalue weighted by Gasteiger charge is -2.34. The van der Waals surface area contributed by atoms with Gasteiger partial charge in [-0.3, -0.25) is 4.40 Å². The van der Waals surface area contributed by atoms with Gasteiger partial charge in [0, 0.05) is 43.6 Å². The van der Waals surface area contributed by atoms with Gasteiger partial charge in [-0.15, -0.1) is 10.2 Å². The van der Waals surface area contributed by atoms with Gasteiger partial charge < -0.3 is 24.4 Å². The Kier molecular flexibility index (Phi) is 7.73. The summed E-state index contributed by atoms with van der Waals surface area (Å²) in [4.78, 5) is 14.2. The molecule has 12 heteroatoms.